The summed E-state index contributed by atoms with van der Waals surface area (Å²) < 4.78 is 7.29. The number of ether oxygens (including phenoxy) is 1. The lowest BCUT2D eigenvalue weighted by molar-refractivity contribution is 0.171. The van der Waals surface area contributed by atoms with Crippen molar-refractivity contribution in [3.8, 4) is 5.69 Å². The largest absolute Gasteiger partial charge is 0.381 e. The number of anilines is 1. The quantitative estimate of drug-likeness (QED) is 0.934. The van der Waals surface area contributed by atoms with Crippen LogP contribution in [-0.4, -0.2) is 47.0 Å². The maximum absolute atomic E-state index is 12.7. The first kappa shape index (κ1) is 16.1. The topological polar surface area (TPSA) is 59.4 Å². The van der Waals surface area contributed by atoms with Gasteiger partial charge in [-0.15, -0.1) is 0 Å². The number of carbonyl (C=O) groups is 1. The summed E-state index contributed by atoms with van der Waals surface area (Å²) in [6, 6.07) is 7.86. The van der Waals surface area contributed by atoms with Crippen molar-refractivity contribution >= 4 is 11.7 Å². The van der Waals surface area contributed by atoms with Gasteiger partial charge in [-0.25, -0.2) is 9.48 Å². The fourth-order valence-corrected chi connectivity index (χ4v) is 3.78. The Labute approximate surface area is 147 Å². The van der Waals surface area contributed by atoms with E-state index in [-0.39, 0.29) is 6.03 Å². The average molecular weight is 340 g/mol. The van der Waals surface area contributed by atoms with E-state index in [4.69, 9.17) is 4.74 Å². The lowest BCUT2D eigenvalue weighted by atomic mass is 9.91. The molecule has 1 N–H and O–H groups in total. The van der Waals surface area contributed by atoms with Gasteiger partial charge in [0.2, 0.25) is 0 Å². The van der Waals surface area contributed by atoms with E-state index in [0.29, 0.717) is 11.8 Å². The fourth-order valence-electron chi connectivity index (χ4n) is 3.78. The molecular formula is C19H24N4O2. The average Bonchev–Trinajstić information content (AvgIpc) is 3.37. The van der Waals surface area contributed by atoms with Crippen LogP contribution < -0.4 is 5.32 Å². The van der Waals surface area contributed by atoms with Gasteiger partial charge in [-0.2, -0.15) is 5.10 Å². The number of urea groups is 1. The Balaban J connectivity index is 1.43. The standard InChI is InChI=1S/C19H24N4O2/c1-14-3-4-17(23-8-2-7-20-23)11-18(14)21-19(24)22-9-5-15(12-22)16-6-10-25-13-16/h2-4,7-8,11,15-16H,5-6,9-10,12-13H2,1H3,(H,21,24). The fraction of sp³-hybridized carbons (Fsp3) is 0.474. The van der Waals surface area contributed by atoms with Gasteiger partial charge < -0.3 is 15.0 Å². The number of hydrogen-bond acceptors (Lipinski definition) is 3. The van der Waals surface area contributed by atoms with Crippen LogP contribution in [0.3, 0.4) is 0 Å². The molecule has 2 amide bonds. The molecule has 0 spiro atoms. The maximum Gasteiger partial charge on any atom is 0.321 e. The van der Waals surface area contributed by atoms with Crippen molar-refractivity contribution in [1.82, 2.24) is 14.7 Å². The molecule has 0 aliphatic carbocycles. The summed E-state index contributed by atoms with van der Waals surface area (Å²) in [7, 11) is 0. The molecule has 2 fully saturated rings. The third-order valence-electron chi connectivity index (χ3n) is 5.38. The van der Waals surface area contributed by atoms with E-state index in [0.717, 1.165) is 56.1 Å². The number of rotatable bonds is 3. The van der Waals surface area contributed by atoms with Gasteiger partial charge in [0, 0.05) is 44.4 Å². The summed E-state index contributed by atoms with van der Waals surface area (Å²) in [6.45, 7) is 5.38. The summed E-state index contributed by atoms with van der Waals surface area (Å²) in [5, 5.41) is 7.33. The minimum atomic E-state index is -0.0119. The zero-order valence-corrected chi connectivity index (χ0v) is 14.5. The number of aryl methyl sites for hydroxylation is 1. The number of likely N-dealkylation sites (tertiary alicyclic amines) is 1. The molecule has 25 heavy (non-hydrogen) atoms. The molecule has 2 aliphatic heterocycles. The molecule has 132 valence electrons. The molecule has 4 rings (SSSR count). The van der Waals surface area contributed by atoms with Crippen LogP contribution in [0.5, 0.6) is 0 Å². The van der Waals surface area contributed by atoms with Crippen LogP contribution in [0, 0.1) is 18.8 Å². The molecule has 0 saturated carbocycles. The Kier molecular flexibility index (Phi) is 4.44. The van der Waals surface area contributed by atoms with Crippen molar-refractivity contribution in [3.63, 3.8) is 0 Å². The van der Waals surface area contributed by atoms with Gasteiger partial charge in [0.25, 0.3) is 0 Å². The lowest BCUT2D eigenvalue weighted by Gasteiger charge is -2.20. The van der Waals surface area contributed by atoms with Gasteiger partial charge >= 0.3 is 6.03 Å². The Morgan fingerprint density at radius 1 is 1.32 bits per heavy atom. The van der Waals surface area contributed by atoms with E-state index in [9.17, 15) is 4.79 Å². The van der Waals surface area contributed by atoms with Crippen molar-refractivity contribution < 1.29 is 9.53 Å². The predicted molar refractivity (Wildman–Crippen MR) is 95.9 cm³/mol. The van der Waals surface area contributed by atoms with Crippen molar-refractivity contribution in [1.29, 1.82) is 0 Å². The van der Waals surface area contributed by atoms with Crippen molar-refractivity contribution in [2.45, 2.75) is 19.8 Å². The van der Waals surface area contributed by atoms with E-state index < -0.39 is 0 Å². The highest BCUT2D eigenvalue weighted by atomic mass is 16.5. The molecule has 3 heterocycles. The summed E-state index contributed by atoms with van der Waals surface area (Å²) in [6.07, 6.45) is 5.85. The molecule has 2 aromatic rings. The highest BCUT2D eigenvalue weighted by Crippen LogP contribution is 2.30. The van der Waals surface area contributed by atoms with Crippen LogP contribution in [0.2, 0.25) is 0 Å². The Morgan fingerprint density at radius 3 is 3.00 bits per heavy atom. The highest BCUT2D eigenvalue weighted by molar-refractivity contribution is 5.90. The van der Waals surface area contributed by atoms with Gasteiger partial charge in [0.05, 0.1) is 5.69 Å². The molecule has 2 saturated heterocycles. The van der Waals surface area contributed by atoms with Crippen LogP contribution in [0.1, 0.15) is 18.4 Å². The molecule has 2 atom stereocenters. The van der Waals surface area contributed by atoms with Crippen molar-refractivity contribution in [2.75, 3.05) is 31.6 Å². The first-order valence-electron chi connectivity index (χ1n) is 8.95. The molecule has 0 radical (unpaired) electrons. The summed E-state index contributed by atoms with van der Waals surface area (Å²) in [5.41, 5.74) is 2.82. The number of hydrogen-bond donors (Lipinski definition) is 1. The van der Waals surface area contributed by atoms with Crippen molar-refractivity contribution in [2.24, 2.45) is 11.8 Å². The smallest absolute Gasteiger partial charge is 0.321 e. The van der Waals surface area contributed by atoms with E-state index in [2.05, 4.69) is 10.4 Å². The highest BCUT2D eigenvalue weighted by Gasteiger charge is 2.33. The molecule has 2 aliphatic rings. The number of carbonyl (C=O) groups excluding carboxylic acids is 1. The van der Waals surface area contributed by atoms with Crippen molar-refractivity contribution in [3.05, 3.63) is 42.2 Å². The molecule has 1 aromatic carbocycles. The van der Waals surface area contributed by atoms with Crippen LogP contribution in [0.25, 0.3) is 5.69 Å². The number of aromatic nitrogens is 2. The second-order valence-electron chi connectivity index (χ2n) is 7.00. The third-order valence-corrected chi connectivity index (χ3v) is 5.38. The second kappa shape index (κ2) is 6.88. The van der Waals surface area contributed by atoms with Crippen LogP contribution in [0.15, 0.2) is 36.7 Å². The maximum atomic E-state index is 12.7. The molecule has 2 unspecified atom stereocenters. The number of amides is 2. The summed E-state index contributed by atoms with van der Waals surface area (Å²) >= 11 is 0. The van der Waals surface area contributed by atoms with Crippen LogP contribution in [0.4, 0.5) is 10.5 Å². The number of nitrogens with one attached hydrogen (secondary N) is 1. The normalized spacial score (nSPS) is 23.2. The zero-order chi connectivity index (χ0) is 17.2. The minimum absolute atomic E-state index is 0.0119. The Hall–Kier alpha value is -2.34. The Bertz CT molecular complexity index is 738. The van der Waals surface area contributed by atoms with Crippen LogP contribution in [-0.2, 0) is 4.74 Å². The van der Waals surface area contributed by atoms with E-state index in [1.807, 2.05) is 42.3 Å². The zero-order valence-electron chi connectivity index (χ0n) is 14.5. The predicted octanol–water partition coefficient (Wildman–Crippen LogP) is 3.07. The van der Waals surface area contributed by atoms with Gasteiger partial charge in [-0.3, -0.25) is 0 Å². The monoisotopic (exact) mass is 340 g/mol. The first-order valence-corrected chi connectivity index (χ1v) is 8.95. The van der Waals surface area contributed by atoms with Gasteiger partial charge in [-0.05, 0) is 55.4 Å². The Morgan fingerprint density at radius 2 is 2.24 bits per heavy atom. The third kappa shape index (κ3) is 3.39. The summed E-state index contributed by atoms with van der Waals surface area (Å²) in [5.74, 6) is 1.19. The van der Waals surface area contributed by atoms with Gasteiger partial charge in [0.15, 0.2) is 0 Å². The number of benzene rings is 1. The molecule has 6 nitrogen and oxygen atoms in total. The number of nitrogens with zero attached hydrogens (tertiary/aromatic N) is 3. The lowest BCUT2D eigenvalue weighted by Crippen LogP contribution is -2.34. The summed E-state index contributed by atoms with van der Waals surface area (Å²) in [4.78, 5) is 14.6. The van der Waals surface area contributed by atoms with Gasteiger partial charge in [0.1, 0.15) is 0 Å². The second-order valence-corrected chi connectivity index (χ2v) is 7.00. The van der Waals surface area contributed by atoms with Crippen LogP contribution >= 0.6 is 0 Å². The molecule has 6 heteroatoms. The van der Waals surface area contributed by atoms with Gasteiger partial charge in [-0.1, -0.05) is 6.07 Å². The minimum Gasteiger partial charge on any atom is -0.381 e. The molecule has 1 aromatic heterocycles. The van der Waals surface area contributed by atoms with E-state index >= 15 is 0 Å². The van der Waals surface area contributed by atoms with E-state index in [1.54, 1.807) is 10.9 Å². The molecule has 0 bridgehead atoms. The molecular weight excluding hydrogens is 316 g/mol. The first-order chi connectivity index (χ1) is 12.2. The van der Waals surface area contributed by atoms with E-state index in [1.165, 1.54) is 0 Å². The SMILES string of the molecule is Cc1ccc(-n2cccn2)cc1NC(=O)N1CCC(C2CCOC2)C1.